The Balaban J connectivity index is 1.79. The van der Waals surface area contributed by atoms with Crippen molar-refractivity contribution in [3.05, 3.63) is 60.3 Å². The molecule has 21 heavy (non-hydrogen) atoms. The number of aromatic nitrogens is 1. The molecular formula is C17H14N2O2. The van der Waals surface area contributed by atoms with Crippen LogP contribution >= 0.6 is 0 Å². The molecule has 0 aliphatic carbocycles. The Labute approximate surface area is 122 Å². The van der Waals surface area contributed by atoms with Gasteiger partial charge in [0.1, 0.15) is 0 Å². The number of fused-ring (bicyclic) bond motifs is 1. The van der Waals surface area contributed by atoms with Crippen LogP contribution < -0.4 is 0 Å². The summed E-state index contributed by atoms with van der Waals surface area (Å²) in [6.45, 7) is 0.445. The standard InChI is InChI=1S/C17H14N2O2/c20-16-5-1-2-11-19(16)17(21)9-7-13-6-8-15-14(12-13)4-3-10-18-15/h1,3-10,12H,2,11H2/b9-7+. The lowest BCUT2D eigenvalue weighted by atomic mass is 10.1. The number of pyridine rings is 1. The van der Waals surface area contributed by atoms with E-state index < -0.39 is 0 Å². The summed E-state index contributed by atoms with van der Waals surface area (Å²) in [7, 11) is 0. The van der Waals surface area contributed by atoms with Crippen LogP contribution in [0.15, 0.2) is 54.8 Å². The molecule has 0 saturated carbocycles. The maximum absolute atomic E-state index is 12.0. The van der Waals surface area contributed by atoms with Crippen molar-refractivity contribution in [3.63, 3.8) is 0 Å². The van der Waals surface area contributed by atoms with Gasteiger partial charge >= 0.3 is 0 Å². The average molecular weight is 278 g/mol. The summed E-state index contributed by atoms with van der Waals surface area (Å²) in [6, 6.07) is 9.62. The Kier molecular flexibility index (Phi) is 3.60. The number of nitrogens with zero attached hydrogens (tertiary/aromatic N) is 2. The van der Waals surface area contributed by atoms with Gasteiger partial charge in [0.05, 0.1) is 5.52 Å². The third-order valence-corrected chi connectivity index (χ3v) is 3.36. The number of imide groups is 1. The van der Waals surface area contributed by atoms with Crippen molar-refractivity contribution in [2.24, 2.45) is 0 Å². The van der Waals surface area contributed by atoms with Crippen LogP contribution in [0.5, 0.6) is 0 Å². The minimum atomic E-state index is -0.282. The van der Waals surface area contributed by atoms with Crippen LogP contribution in [0.3, 0.4) is 0 Å². The molecule has 0 spiro atoms. The van der Waals surface area contributed by atoms with Crippen LogP contribution in [0.25, 0.3) is 17.0 Å². The molecule has 1 aromatic carbocycles. The van der Waals surface area contributed by atoms with Gasteiger partial charge in [0.2, 0.25) is 0 Å². The highest BCUT2D eigenvalue weighted by atomic mass is 16.2. The SMILES string of the molecule is O=C1C=CCCN1C(=O)/C=C/c1ccc2ncccc2c1. The third-order valence-electron chi connectivity index (χ3n) is 3.36. The Bertz CT molecular complexity index is 762. The fourth-order valence-corrected chi connectivity index (χ4v) is 2.26. The minimum Gasteiger partial charge on any atom is -0.275 e. The molecule has 4 nitrogen and oxygen atoms in total. The lowest BCUT2D eigenvalue weighted by Crippen LogP contribution is -2.37. The van der Waals surface area contributed by atoms with Gasteiger partial charge in [0, 0.05) is 24.2 Å². The molecule has 2 amide bonds. The van der Waals surface area contributed by atoms with Crippen LogP contribution in [0.4, 0.5) is 0 Å². The summed E-state index contributed by atoms with van der Waals surface area (Å²) >= 11 is 0. The summed E-state index contributed by atoms with van der Waals surface area (Å²) in [4.78, 5) is 29.1. The van der Waals surface area contributed by atoms with E-state index in [9.17, 15) is 9.59 Å². The van der Waals surface area contributed by atoms with Crippen LogP contribution in [0.2, 0.25) is 0 Å². The topological polar surface area (TPSA) is 50.3 Å². The van der Waals surface area contributed by atoms with E-state index in [1.54, 1.807) is 18.3 Å². The second-order valence-electron chi connectivity index (χ2n) is 4.81. The monoisotopic (exact) mass is 278 g/mol. The first-order chi connectivity index (χ1) is 10.2. The predicted octanol–water partition coefficient (Wildman–Crippen LogP) is 2.56. The van der Waals surface area contributed by atoms with Gasteiger partial charge in [-0.05, 0) is 42.3 Å². The van der Waals surface area contributed by atoms with E-state index in [0.29, 0.717) is 13.0 Å². The van der Waals surface area contributed by atoms with Gasteiger partial charge in [-0.1, -0.05) is 18.2 Å². The largest absolute Gasteiger partial charge is 0.275 e. The highest BCUT2D eigenvalue weighted by Gasteiger charge is 2.18. The first-order valence-electron chi connectivity index (χ1n) is 6.79. The zero-order valence-electron chi connectivity index (χ0n) is 11.4. The Morgan fingerprint density at radius 1 is 1.29 bits per heavy atom. The van der Waals surface area contributed by atoms with E-state index in [0.717, 1.165) is 16.5 Å². The predicted molar refractivity (Wildman–Crippen MR) is 81.3 cm³/mol. The summed E-state index contributed by atoms with van der Waals surface area (Å²) in [5.41, 5.74) is 1.82. The van der Waals surface area contributed by atoms with Gasteiger partial charge in [-0.15, -0.1) is 0 Å². The van der Waals surface area contributed by atoms with Gasteiger partial charge in [-0.25, -0.2) is 0 Å². The Hall–Kier alpha value is -2.75. The number of benzene rings is 1. The molecule has 0 N–H and O–H groups in total. The van der Waals surface area contributed by atoms with E-state index in [4.69, 9.17) is 0 Å². The van der Waals surface area contributed by atoms with Crippen LogP contribution in [-0.4, -0.2) is 28.2 Å². The second-order valence-corrected chi connectivity index (χ2v) is 4.81. The molecule has 0 fully saturated rings. The second kappa shape index (κ2) is 5.71. The van der Waals surface area contributed by atoms with Gasteiger partial charge in [0.25, 0.3) is 11.8 Å². The Morgan fingerprint density at radius 3 is 3.05 bits per heavy atom. The molecule has 0 bridgehead atoms. The van der Waals surface area contributed by atoms with E-state index >= 15 is 0 Å². The highest BCUT2D eigenvalue weighted by Crippen LogP contribution is 2.14. The normalized spacial score (nSPS) is 15.0. The maximum Gasteiger partial charge on any atom is 0.253 e. The minimum absolute atomic E-state index is 0.251. The zero-order chi connectivity index (χ0) is 14.7. The summed E-state index contributed by atoms with van der Waals surface area (Å²) in [5, 5.41) is 1.02. The first-order valence-corrected chi connectivity index (χ1v) is 6.79. The Morgan fingerprint density at radius 2 is 2.19 bits per heavy atom. The van der Waals surface area contributed by atoms with Gasteiger partial charge < -0.3 is 0 Å². The maximum atomic E-state index is 12.0. The quantitative estimate of drug-likeness (QED) is 0.793. The van der Waals surface area contributed by atoms with Crippen LogP contribution in [0, 0.1) is 0 Å². The van der Waals surface area contributed by atoms with Crippen molar-refractivity contribution in [1.82, 2.24) is 9.88 Å². The van der Waals surface area contributed by atoms with E-state index in [1.165, 1.54) is 17.1 Å². The van der Waals surface area contributed by atoms with Gasteiger partial charge in [-0.3, -0.25) is 19.5 Å². The van der Waals surface area contributed by atoms with Crippen molar-refractivity contribution in [1.29, 1.82) is 0 Å². The summed E-state index contributed by atoms with van der Waals surface area (Å²) in [5.74, 6) is -0.533. The van der Waals surface area contributed by atoms with Gasteiger partial charge in [0.15, 0.2) is 0 Å². The van der Waals surface area contributed by atoms with E-state index in [2.05, 4.69) is 4.98 Å². The molecule has 1 aliphatic heterocycles. The number of carbonyl (C=O) groups is 2. The zero-order valence-corrected chi connectivity index (χ0v) is 11.4. The molecule has 0 atom stereocenters. The fraction of sp³-hybridized carbons (Fsp3) is 0.118. The van der Waals surface area contributed by atoms with Crippen LogP contribution in [0.1, 0.15) is 12.0 Å². The number of hydrogen-bond acceptors (Lipinski definition) is 3. The third kappa shape index (κ3) is 2.89. The van der Waals surface area contributed by atoms with E-state index in [-0.39, 0.29) is 11.8 Å². The smallest absolute Gasteiger partial charge is 0.253 e. The summed E-state index contributed by atoms with van der Waals surface area (Å²) in [6.07, 6.45) is 8.85. The molecule has 4 heteroatoms. The highest BCUT2D eigenvalue weighted by molar-refractivity contribution is 6.07. The van der Waals surface area contributed by atoms with E-state index in [1.807, 2.05) is 30.3 Å². The molecule has 104 valence electrons. The van der Waals surface area contributed by atoms with Gasteiger partial charge in [-0.2, -0.15) is 0 Å². The lowest BCUT2D eigenvalue weighted by molar-refractivity contribution is -0.139. The number of carbonyl (C=O) groups excluding carboxylic acids is 2. The molecule has 0 radical (unpaired) electrons. The first kappa shape index (κ1) is 13.2. The molecule has 1 aliphatic rings. The molecular weight excluding hydrogens is 264 g/mol. The molecule has 0 saturated heterocycles. The molecule has 2 heterocycles. The average Bonchev–Trinajstić information content (AvgIpc) is 2.53. The van der Waals surface area contributed by atoms with Crippen molar-refractivity contribution in [2.75, 3.05) is 6.54 Å². The summed E-state index contributed by atoms with van der Waals surface area (Å²) < 4.78 is 0. The van der Waals surface area contributed by atoms with Crippen molar-refractivity contribution in [2.45, 2.75) is 6.42 Å². The molecule has 3 rings (SSSR count). The van der Waals surface area contributed by atoms with Crippen molar-refractivity contribution < 1.29 is 9.59 Å². The number of amides is 2. The molecule has 1 aromatic heterocycles. The van der Waals surface area contributed by atoms with Crippen molar-refractivity contribution >= 4 is 28.8 Å². The number of hydrogen-bond donors (Lipinski definition) is 0. The number of rotatable bonds is 2. The van der Waals surface area contributed by atoms with Crippen LogP contribution in [-0.2, 0) is 9.59 Å². The fourth-order valence-electron chi connectivity index (χ4n) is 2.26. The van der Waals surface area contributed by atoms with Crippen molar-refractivity contribution in [3.8, 4) is 0 Å². The molecule has 0 unspecified atom stereocenters. The lowest BCUT2D eigenvalue weighted by Gasteiger charge is -2.19. The molecule has 2 aromatic rings.